The predicted molar refractivity (Wildman–Crippen MR) is 90.0 cm³/mol. The van der Waals surface area contributed by atoms with Gasteiger partial charge in [-0.15, -0.1) is 0 Å². The van der Waals surface area contributed by atoms with Crippen molar-refractivity contribution in [3.8, 4) is 0 Å². The maximum atomic E-state index is 10.4. The van der Waals surface area contributed by atoms with Gasteiger partial charge in [0.25, 0.3) is 0 Å². The van der Waals surface area contributed by atoms with E-state index in [0.29, 0.717) is 0 Å². The number of benzene rings is 2. The molecule has 6 nitrogen and oxygen atoms in total. The standard InChI is InChI=1S/2C6H5BrO3S.Ba/c2*7-5-1-3-6(4-2-5)11(8,9)10;/h2*1-4H,(H,8,9,10);/q;;+2/p-2. The van der Waals surface area contributed by atoms with Gasteiger partial charge in [0.1, 0.15) is 20.2 Å². The Kier molecular flexibility index (Phi) is 10.4. The van der Waals surface area contributed by atoms with Crippen molar-refractivity contribution in [2.24, 2.45) is 0 Å². The molecule has 0 amide bonds. The minimum atomic E-state index is -4.29. The fourth-order valence-corrected chi connectivity index (χ4v) is 2.67. The second-order valence-electron chi connectivity index (χ2n) is 3.82. The molecule has 0 radical (unpaired) electrons. The van der Waals surface area contributed by atoms with Crippen molar-refractivity contribution in [2.45, 2.75) is 9.79 Å². The van der Waals surface area contributed by atoms with Gasteiger partial charge in [0.15, 0.2) is 0 Å². The van der Waals surface area contributed by atoms with E-state index in [2.05, 4.69) is 31.9 Å². The Labute approximate surface area is 191 Å². The molecule has 2 aromatic carbocycles. The molecule has 0 aromatic heterocycles. The topological polar surface area (TPSA) is 114 Å². The number of halogens is 2. The average molecular weight is 609 g/mol. The molecular weight excluding hydrogens is 601 g/mol. The number of hydrogen-bond donors (Lipinski definition) is 0. The Morgan fingerprint density at radius 2 is 0.826 bits per heavy atom. The molecule has 120 valence electrons. The molecule has 0 saturated heterocycles. The Morgan fingerprint density at radius 1 is 0.609 bits per heavy atom. The van der Waals surface area contributed by atoms with Gasteiger partial charge in [0.2, 0.25) is 0 Å². The molecule has 23 heavy (non-hydrogen) atoms. The van der Waals surface area contributed by atoms with Gasteiger partial charge >= 0.3 is 48.9 Å². The first kappa shape index (κ1) is 23.8. The second-order valence-corrected chi connectivity index (χ2v) is 8.41. The van der Waals surface area contributed by atoms with E-state index in [-0.39, 0.29) is 58.7 Å². The molecule has 0 aliphatic heterocycles. The van der Waals surface area contributed by atoms with Crippen LogP contribution in [0.3, 0.4) is 0 Å². The molecular formula is C12H8BaBr2O6S2. The fourth-order valence-electron chi connectivity index (χ4n) is 1.20. The van der Waals surface area contributed by atoms with Crippen LogP contribution in [0, 0.1) is 0 Å². The van der Waals surface area contributed by atoms with Crippen LogP contribution < -0.4 is 0 Å². The Balaban J connectivity index is 0.000000403. The summed E-state index contributed by atoms with van der Waals surface area (Å²) in [7, 11) is -8.58. The van der Waals surface area contributed by atoms with Crippen molar-refractivity contribution in [2.75, 3.05) is 0 Å². The molecule has 0 saturated carbocycles. The Bertz CT molecular complexity index is 761. The van der Waals surface area contributed by atoms with E-state index in [9.17, 15) is 25.9 Å². The number of rotatable bonds is 2. The van der Waals surface area contributed by atoms with Crippen LogP contribution in [-0.2, 0) is 20.2 Å². The van der Waals surface area contributed by atoms with Gasteiger partial charge in [0.05, 0.1) is 9.79 Å². The van der Waals surface area contributed by atoms with E-state index < -0.39 is 20.2 Å². The monoisotopic (exact) mass is 608 g/mol. The van der Waals surface area contributed by atoms with Gasteiger partial charge in [-0.1, -0.05) is 31.9 Å². The Morgan fingerprint density at radius 3 is 1.00 bits per heavy atom. The normalized spacial score (nSPS) is 11.0. The zero-order valence-corrected chi connectivity index (χ0v) is 20.6. The van der Waals surface area contributed by atoms with Gasteiger partial charge in [-0.05, 0) is 48.5 Å². The van der Waals surface area contributed by atoms with Crippen LogP contribution in [0.4, 0.5) is 0 Å². The maximum absolute atomic E-state index is 10.4. The van der Waals surface area contributed by atoms with E-state index in [1.165, 1.54) is 48.5 Å². The van der Waals surface area contributed by atoms with Crippen molar-refractivity contribution >= 4 is 101 Å². The van der Waals surface area contributed by atoms with E-state index in [0.717, 1.165) is 8.95 Å². The first-order valence-electron chi connectivity index (χ1n) is 5.43. The zero-order valence-electron chi connectivity index (χ0n) is 11.3. The van der Waals surface area contributed by atoms with E-state index in [1.807, 2.05) is 0 Å². The van der Waals surface area contributed by atoms with E-state index >= 15 is 0 Å². The minimum absolute atomic E-state index is 0. The molecule has 2 rings (SSSR count). The van der Waals surface area contributed by atoms with E-state index in [1.54, 1.807) is 0 Å². The van der Waals surface area contributed by atoms with Crippen LogP contribution in [0.5, 0.6) is 0 Å². The SMILES string of the molecule is O=S(=O)([O-])c1ccc(Br)cc1.O=S(=O)([O-])c1ccc(Br)cc1.[Ba+2]. The molecule has 0 unspecified atom stereocenters. The van der Waals surface area contributed by atoms with Gasteiger partial charge in [-0.2, -0.15) is 0 Å². The van der Waals surface area contributed by atoms with Gasteiger partial charge in [0, 0.05) is 8.95 Å². The summed E-state index contributed by atoms with van der Waals surface area (Å²) in [4.78, 5) is -0.415. The van der Waals surface area contributed by atoms with Crippen LogP contribution in [0.1, 0.15) is 0 Å². The summed E-state index contributed by atoms with van der Waals surface area (Å²) < 4.78 is 63.7. The summed E-state index contributed by atoms with van der Waals surface area (Å²) in [5.41, 5.74) is 0. The Hall–Kier alpha value is 0.791. The summed E-state index contributed by atoms with van der Waals surface area (Å²) >= 11 is 6.23. The van der Waals surface area contributed by atoms with Gasteiger partial charge in [-0.3, -0.25) is 0 Å². The minimum Gasteiger partial charge on any atom is -0.744 e. The van der Waals surface area contributed by atoms with Crippen LogP contribution >= 0.6 is 31.9 Å². The molecule has 0 aliphatic rings. The van der Waals surface area contributed by atoms with Gasteiger partial charge < -0.3 is 9.11 Å². The number of hydrogen-bond acceptors (Lipinski definition) is 6. The van der Waals surface area contributed by atoms with Gasteiger partial charge in [-0.25, -0.2) is 16.8 Å². The maximum Gasteiger partial charge on any atom is 2.00 e. The third-order valence-electron chi connectivity index (χ3n) is 2.20. The molecule has 2 aromatic rings. The van der Waals surface area contributed by atoms with Crippen molar-refractivity contribution in [3.05, 3.63) is 57.5 Å². The average Bonchev–Trinajstić information content (AvgIpc) is 2.38. The molecule has 0 N–H and O–H groups in total. The zero-order chi connectivity index (χ0) is 17.0. The summed E-state index contributed by atoms with van der Waals surface area (Å²) in [6.07, 6.45) is 0. The molecule has 0 heterocycles. The fraction of sp³-hybridized carbons (Fsp3) is 0. The van der Waals surface area contributed by atoms with Crippen LogP contribution in [0.25, 0.3) is 0 Å². The molecule has 11 heteroatoms. The molecule has 0 bridgehead atoms. The summed E-state index contributed by atoms with van der Waals surface area (Å²) in [5.74, 6) is 0. The summed E-state index contributed by atoms with van der Waals surface area (Å²) in [6.45, 7) is 0. The van der Waals surface area contributed by atoms with Crippen molar-refractivity contribution in [1.29, 1.82) is 0 Å². The molecule has 0 atom stereocenters. The van der Waals surface area contributed by atoms with Crippen molar-refractivity contribution in [1.82, 2.24) is 0 Å². The van der Waals surface area contributed by atoms with Crippen LogP contribution in [0.2, 0.25) is 0 Å². The second kappa shape index (κ2) is 10.1. The largest absolute Gasteiger partial charge is 2.00 e. The van der Waals surface area contributed by atoms with Crippen LogP contribution in [-0.4, -0.2) is 74.8 Å². The molecule has 0 fully saturated rings. The van der Waals surface area contributed by atoms with Crippen molar-refractivity contribution < 1.29 is 25.9 Å². The van der Waals surface area contributed by atoms with Crippen molar-refractivity contribution in [3.63, 3.8) is 0 Å². The quantitative estimate of drug-likeness (QED) is 0.382. The molecule has 0 spiro atoms. The summed E-state index contributed by atoms with van der Waals surface area (Å²) in [5, 5.41) is 0. The predicted octanol–water partition coefficient (Wildman–Crippen LogP) is 2.33. The summed E-state index contributed by atoms with van der Waals surface area (Å²) in [6, 6.07) is 11.0. The smallest absolute Gasteiger partial charge is 0.744 e. The molecule has 0 aliphatic carbocycles. The first-order chi connectivity index (χ1) is 10.00. The first-order valence-corrected chi connectivity index (χ1v) is 9.83. The third-order valence-corrected chi connectivity index (χ3v) is 4.96. The van der Waals surface area contributed by atoms with Crippen LogP contribution in [0.15, 0.2) is 67.3 Å². The van der Waals surface area contributed by atoms with E-state index in [4.69, 9.17) is 0 Å². The third kappa shape index (κ3) is 9.16.